The molecular formula is C10H10IN3OS. The molecule has 0 radical (unpaired) electrons. The van der Waals surface area contributed by atoms with Crippen LogP contribution in [0.5, 0.6) is 0 Å². The maximum absolute atomic E-state index is 5.36. The number of nitrogens with zero attached hydrogens (tertiary/aromatic N) is 3. The molecule has 1 aliphatic rings. The van der Waals surface area contributed by atoms with E-state index in [-0.39, 0.29) is 0 Å². The van der Waals surface area contributed by atoms with E-state index >= 15 is 0 Å². The first kappa shape index (κ1) is 10.7. The van der Waals surface area contributed by atoms with Gasteiger partial charge in [-0.1, -0.05) is 0 Å². The Morgan fingerprint density at radius 3 is 2.94 bits per heavy atom. The van der Waals surface area contributed by atoms with Crippen LogP contribution in [0.1, 0.15) is 0 Å². The van der Waals surface area contributed by atoms with Gasteiger partial charge >= 0.3 is 0 Å². The average molecular weight is 347 g/mol. The number of hydrogen-bond acceptors (Lipinski definition) is 5. The third kappa shape index (κ3) is 1.89. The molecule has 0 atom stereocenters. The van der Waals surface area contributed by atoms with Gasteiger partial charge in [-0.05, 0) is 28.7 Å². The summed E-state index contributed by atoms with van der Waals surface area (Å²) in [4.78, 5) is 11.0. The van der Waals surface area contributed by atoms with Crippen molar-refractivity contribution in [1.82, 2.24) is 9.97 Å². The number of hydrogen-bond donors (Lipinski definition) is 0. The third-order valence-corrected chi connectivity index (χ3v) is 4.45. The number of rotatable bonds is 1. The molecule has 4 nitrogen and oxygen atoms in total. The van der Waals surface area contributed by atoms with Crippen molar-refractivity contribution in [3.8, 4) is 0 Å². The molecule has 3 heterocycles. The Morgan fingerprint density at radius 2 is 2.12 bits per heavy atom. The molecule has 6 heteroatoms. The van der Waals surface area contributed by atoms with Crippen LogP contribution in [0.25, 0.3) is 10.2 Å². The number of thiophene rings is 1. The Kier molecular flexibility index (Phi) is 2.95. The van der Waals surface area contributed by atoms with E-state index in [1.165, 1.54) is 7.58 Å². The molecular weight excluding hydrogens is 337 g/mol. The van der Waals surface area contributed by atoms with Crippen molar-refractivity contribution in [2.45, 2.75) is 0 Å². The Labute approximate surface area is 111 Å². The second kappa shape index (κ2) is 4.42. The standard InChI is InChI=1S/C10H10IN3OS/c11-8-5-7-9(16-8)10(13-6-12-7)14-1-3-15-4-2-14/h5-6H,1-4H2. The fourth-order valence-electron chi connectivity index (χ4n) is 1.81. The van der Waals surface area contributed by atoms with Crippen molar-refractivity contribution < 1.29 is 4.74 Å². The fraction of sp³-hybridized carbons (Fsp3) is 0.400. The van der Waals surface area contributed by atoms with Gasteiger partial charge < -0.3 is 9.64 Å². The van der Waals surface area contributed by atoms with Gasteiger partial charge in [0.2, 0.25) is 0 Å². The van der Waals surface area contributed by atoms with E-state index in [4.69, 9.17) is 4.74 Å². The van der Waals surface area contributed by atoms with Crippen LogP contribution in [-0.2, 0) is 4.74 Å². The van der Waals surface area contributed by atoms with Crippen molar-refractivity contribution in [2.24, 2.45) is 0 Å². The number of halogens is 1. The summed E-state index contributed by atoms with van der Waals surface area (Å²) in [6, 6.07) is 2.10. The zero-order chi connectivity index (χ0) is 11.0. The summed E-state index contributed by atoms with van der Waals surface area (Å²) in [5, 5.41) is 0. The normalized spacial score (nSPS) is 16.9. The number of aromatic nitrogens is 2. The molecule has 0 unspecified atom stereocenters. The lowest BCUT2D eigenvalue weighted by Crippen LogP contribution is -2.36. The summed E-state index contributed by atoms with van der Waals surface area (Å²) in [7, 11) is 0. The maximum atomic E-state index is 5.36. The van der Waals surface area contributed by atoms with E-state index < -0.39 is 0 Å². The highest BCUT2D eigenvalue weighted by Crippen LogP contribution is 2.32. The molecule has 0 amide bonds. The molecule has 1 fully saturated rings. The minimum atomic E-state index is 0.786. The van der Waals surface area contributed by atoms with Gasteiger partial charge in [0.15, 0.2) is 0 Å². The number of ether oxygens (including phenoxy) is 1. The smallest absolute Gasteiger partial charge is 0.150 e. The van der Waals surface area contributed by atoms with E-state index in [1.54, 1.807) is 17.7 Å². The highest BCUT2D eigenvalue weighted by Gasteiger charge is 2.16. The predicted octanol–water partition coefficient (Wildman–Crippen LogP) is 2.13. The van der Waals surface area contributed by atoms with E-state index in [1.807, 2.05) is 0 Å². The van der Waals surface area contributed by atoms with Gasteiger partial charge in [-0.25, -0.2) is 9.97 Å². The zero-order valence-corrected chi connectivity index (χ0v) is 11.5. The van der Waals surface area contributed by atoms with Gasteiger partial charge in [0.25, 0.3) is 0 Å². The largest absolute Gasteiger partial charge is 0.378 e. The Morgan fingerprint density at radius 1 is 1.31 bits per heavy atom. The van der Waals surface area contributed by atoms with Gasteiger partial charge in [-0.3, -0.25) is 0 Å². The van der Waals surface area contributed by atoms with Crippen LogP contribution in [0.4, 0.5) is 5.82 Å². The van der Waals surface area contributed by atoms with Crippen LogP contribution in [0.15, 0.2) is 12.4 Å². The van der Waals surface area contributed by atoms with Crippen LogP contribution >= 0.6 is 33.9 Å². The maximum Gasteiger partial charge on any atom is 0.150 e. The van der Waals surface area contributed by atoms with Crippen molar-refractivity contribution >= 4 is 50.0 Å². The molecule has 16 heavy (non-hydrogen) atoms. The monoisotopic (exact) mass is 347 g/mol. The lowest BCUT2D eigenvalue weighted by molar-refractivity contribution is 0.122. The first-order valence-electron chi connectivity index (χ1n) is 5.07. The van der Waals surface area contributed by atoms with Crippen LogP contribution in [-0.4, -0.2) is 36.3 Å². The molecule has 0 saturated carbocycles. The average Bonchev–Trinajstić information content (AvgIpc) is 2.70. The number of fused-ring (bicyclic) bond motifs is 1. The summed E-state index contributed by atoms with van der Waals surface area (Å²) in [6.07, 6.45) is 1.65. The molecule has 0 bridgehead atoms. The van der Waals surface area contributed by atoms with Crippen LogP contribution in [0.2, 0.25) is 0 Å². The quantitative estimate of drug-likeness (QED) is 0.741. The second-order valence-corrected chi connectivity index (χ2v) is 6.51. The van der Waals surface area contributed by atoms with Crippen molar-refractivity contribution in [3.05, 3.63) is 15.3 Å². The SMILES string of the molecule is Ic1cc2ncnc(N3CCOCC3)c2s1. The van der Waals surface area contributed by atoms with Gasteiger partial charge in [0.05, 0.1) is 26.3 Å². The van der Waals surface area contributed by atoms with Gasteiger partial charge in [0.1, 0.15) is 12.1 Å². The third-order valence-electron chi connectivity index (χ3n) is 2.57. The van der Waals surface area contributed by atoms with Crippen molar-refractivity contribution in [3.63, 3.8) is 0 Å². The van der Waals surface area contributed by atoms with Crippen LogP contribution in [0.3, 0.4) is 0 Å². The zero-order valence-electron chi connectivity index (χ0n) is 8.52. The minimum Gasteiger partial charge on any atom is -0.378 e. The minimum absolute atomic E-state index is 0.786. The van der Waals surface area contributed by atoms with Gasteiger partial charge in [0, 0.05) is 13.1 Å². The lowest BCUT2D eigenvalue weighted by atomic mass is 10.3. The molecule has 0 N–H and O–H groups in total. The summed E-state index contributed by atoms with van der Waals surface area (Å²) in [5.41, 5.74) is 1.05. The van der Waals surface area contributed by atoms with Crippen LogP contribution < -0.4 is 4.90 Å². The van der Waals surface area contributed by atoms with Crippen molar-refractivity contribution in [2.75, 3.05) is 31.2 Å². The van der Waals surface area contributed by atoms with E-state index in [0.717, 1.165) is 37.6 Å². The summed E-state index contributed by atoms with van der Waals surface area (Å²) >= 11 is 4.08. The Hall–Kier alpha value is -0.470. The summed E-state index contributed by atoms with van der Waals surface area (Å²) < 4.78 is 7.80. The van der Waals surface area contributed by atoms with Crippen LogP contribution in [0, 0.1) is 2.88 Å². The molecule has 3 rings (SSSR count). The molecule has 0 aliphatic carbocycles. The molecule has 2 aromatic rings. The molecule has 1 saturated heterocycles. The molecule has 2 aromatic heterocycles. The molecule has 1 aliphatic heterocycles. The van der Waals surface area contributed by atoms with Gasteiger partial charge in [-0.2, -0.15) is 0 Å². The first-order chi connectivity index (χ1) is 7.84. The van der Waals surface area contributed by atoms with E-state index in [0.29, 0.717) is 0 Å². The summed E-state index contributed by atoms with van der Waals surface area (Å²) in [5.74, 6) is 1.06. The number of morpholine rings is 1. The van der Waals surface area contributed by atoms with Gasteiger partial charge in [-0.15, -0.1) is 11.3 Å². The topological polar surface area (TPSA) is 38.2 Å². The highest BCUT2D eigenvalue weighted by atomic mass is 127. The molecule has 84 valence electrons. The molecule has 0 aromatic carbocycles. The fourth-order valence-corrected chi connectivity index (χ4v) is 3.62. The second-order valence-electron chi connectivity index (χ2n) is 3.56. The summed E-state index contributed by atoms with van der Waals surface area (Å²) in [6.45, 7) is 3.41. The van der Waals surface area contributed by atoms with E-state index in [9.17, 15) is 0 Å². The van der Waals surface area contributed by atoms with E-state index in [2.05, 4.69) is 43.5 Å². The highest BCUT2D eigenvalue weighted by molar-refractivity contribution is 14.1. The predicted molar refractivity (Wildman–Crippen MR) is 73.2 cm³/mol. The number of anilines is 1. The molecule has 0 spiro atoms. The Bertz CT molecular complexity index is 510. The van der Waals surface area contributed by atoms with Crippen molar-refractivity contribution in [1.29, 1.82) is 0 Å². The lowest BCUT2D eigenvalue weighted by Gasteiger charge is -2.27. The first-order valence-corrected chi connectivity index (χ1v) is 6.97. The Balaban J connectivity index is 2.07.